The highest BCUT2D eigenvalue weighted by Crippen LogP contribution is 2.46. The Labute approximate surface area is 323 Å². The van der Waals surface area contributed by atoms with E-state index in [1.165, 1.54) is 69.7 Å². The lowest BCUT2D eigenvalue weighted by Gasteiger charge is -2.29. The van der Waals surface area contributed by atoms with Crippen LogP contribution in [0.1, 0.15) is 29.2 Å². The Balaban J connectivity index is 1.09. The molecule has 3 heteroatoms. The van der Waals surface area contributed by atoms with Crippen LogP contribution < -0.4 is 4.90 Å². The molecule has 55 heavy (non-hydrogen) atoms. The van der Waals surface area contributed by atoms with Crippen molar-refractivity contribution in [1.82, 2.24) is 0 Å². The zero-order valence-electron chi connectivity index (χ0n) is 30.0. The van der Waals surface area contributed by atoms with Crippen molar-refractivity contribution in [3.05, 3.63) is 205 Å². The summed E-state index contributed by atoms with van der Waals surface area (Å²) in [7, 11) is 0. The summed E-state index contributed by atoms with van der Waals surface area (Å²) in [6.07, 6.45) is 5.42. The minimum Gasteiger partial charge on any atom is -0.460 e. The number of rotatable bonds is 6. The van der Waals surface area contributed by atoms with E-state index in [-0.39, 0.29) is 5.92 Å². The number of para-hydroxylation sites is 2. The molecule has 2 nitrogen and oxygen atoms in total. The van der Waals surface area contributed by atoms with Crippen LogP contribution in [-0.4, -0.2) is 0 Å². The molecule has 0 N–H and O–H groups in total. The smallest absolute Gasteiger partial charge is 0.134 e. The molecule has 0 amide bonds. The van der Waals surface area contributed by atoms with Gasteiger partial charge in [0, 0.05) is 54.0 Å². The summed E-state index contributed by atoms with van der Waals surface area (Å²) in [6, 6.07) is 66.3. The van der Waals surface area contributed by atoms with E-state index in [4.69, 9.17) is 4.42 Å². The largest absolute Gasteiger partial charge is 0.460 e. The highest BCUT2D eigenvalue weighted by atomic mass is 32.1. The molecule has 1 atom stereocenters. The Bertz CT molecular complexity index is 3100. The van der Waals surface area contributed by atoms with Crippen LogP contribution in [0.5, 0.6) is 0 Å². The second-order valence-electron chi connectivity index (χ2n) is 14.4. The number of fused-ring (bicyclic) bond motifs is 7. The Hall–Kier alpha value is -6.68. The first kappa shape index (κ1) is 31.8. The maximum absolute atomic E-state index is 6.60. The van der Waals surface area contributed by atoms with E-state index < -0.39 is 0 Å². The quantitative estimate of drug-likeness (QED) is 0.170. The molecule has 0 radical (unpaired) electrons. The molecule has 0 aliphatic heterocycles. The standard InChI is InChI=1S/C52H35NOS/c1-2-19-40-34(13-1)14-11-24-42(40)43-20-3-6-26-48(43)53(38-17-9-15-35(31-38)36-29-30-46-45-22-5-8-28-50(45)55-51(46)33-36)39-18-10-16-37(32-39)41-23-12-25-47-44-21-4-7-27-49(44)54-52(41)47/h1-22,24-33,41H,23H2. The molecule has 2 heterocycles. The molecule has 10 aromatic rings. The molecule has 260 valence electrons. The van der Waals surface area contributed by atoms with Gasteiger partial charge in [0.1, 0.15) is 11.3 Å². The number of hydrogen-bond donors (Lipinski definition) is 0. The summed E-state index contributed by atoms with van der Waals surface area (Å²) in [6.45, 7) is 0. The molecule has 1 aliphatic rings. The number of allylic oxidation sites excluding steroid dienone is 1. The fourth-order valence-corrected chi connectivity index (χ4v) is 9.77. The van der Waals surface area contributed by atoms with Gasteiger partial charge in [-0.2, -0.15) is 0 Å². The second-order valence-corrected chi connectivity index (χ2v) is 15.5. The van der Waals surface area contributed by atoms with Gasteiger partial charge in [0.25, 0.3) is 0 Å². The summed E-state index contributed by atoms with van der Waals surface area (Å²) in [5.74, 6) is 1.16. The van der Waals surface area contributed by atoms with Crippen LogP contribution in [0.15, 0.2) is 192 Å². The molecule has 0 fully saturated rings. The van der Waals surface area contributed by atoms with Crippen molar-refractivity contribution in [1.29, 1.82) is 0 Å². The van der Waals surface area contributed by atoms with Gasteiger partial charge in [0.15, 0.2) is 0 Å². The number of hydrogen-bond acceptors (Lipinski definition) is 3. The molecule has 1 aliphatic carbocycles. The van der Waals surface area contributed by atoms with Crippen LogP contribution >= 0.6 is 11.3 Å². The predicted octanol–water partition coefficient (Wildman–Crippen LogP) is 15.3. The number of thiophene rings is 1. The summed E-state index contributed by atoms with van der Waals surface area (Å²) in [4.78, 5) is 2.44. The second kappa shape index (κ2) is 13.0. The predicted molar refractivity (Wildman–Crippen MR) is 234 cm³/mol. The van der Waals surface area contributed by atoms with Crippen LogP contribution in [0.3, 0.4) is 0 Å². The van der Waals surface area contributed by atoms with Crippen molar-refractivity contribution in [2.24, 2.45) is 0 Å². The van der Waals surface area contributed by atoms with Gasteiger partial charge in [0.05, 0.1) is 5.69 Å². The van der Waals surface area contributed by atoms with E-state index >= 15 is 0 Å². The first-order valence-electron chi connectivity index (χ1n) is 18.9. The first-order valence-corrected chi connectivity index (χ1v) is 19.8. The molecular formula is C52H35NOS. The topological polar surface area (TPSA) is 16.4 Å². The van der Waals surface area contributed by atoms with Gasteiger partial charge in [-0.15, -0.1) is 11.3 Å². The molecule has 2 aromatic heterocycles. The van der Waals surface area contributed by atoms with Crippen LogP contribution in [0.2, 0.25) is 0 Å². The van der Waals surface area contributed by atoms with Gasteiger partial charge in [-0.25, -0.2) is 0 Å². The number of nitrogens with zero attached hydrogens (tertiary/aromatic N) is 1. The lowest BCUT2D eigenvalue weighted by molar-refractivity contribution is 0.517. The van der Waals surface area contributed by atoms with E-state index in [0.717, 1.165) is 34.8 Å². The van der Waals surface area contributed by atoms with E-state index in [2.05, 4.69) is 199 Å². The van der Waals surface area contributed by atoms with Gasteiger partial charge < -0.3 is 9.32 Å². The molecule has 0 saturated heterocycles. The molecule has 0 spiro atoms. The molecule has 0 saturated carbocycles. The monoisotopic (exact) mass is 721 g/mol. The maximum atomic E-state index is 6.60. The van der Waals surface area contributed by atoms with Crippen molar-refractivity contribution in [2.75, 3.05) is 4.90 Å². The number of anilines is 3. The summed E-state index contributed by atoms with van der Waals surface area (Å²) in [5.41, 5.74) is 11.5. The Morgan fingerprint density at radius 2 is 1.20 bits per heavy atom. The first-order chi connectivity index (χ1) is 27.3. The van der Waals surface area contributed by atoms with Crippen LogP contribution in [0.25, 0.3) is 70.2 Å². The molecule has 8 aromatic carbocycles. The third kappa shape index (κ3) is 5.39. The highest BCUT2D eigenvalue weighted by molar-refractivity contribution is 7.25. The van der Waals surface area contributed by atoms with Crippen molar-refractivity contribution in [2.45, 2.75) is 12.3 Å². The average Bonchev–Trinajstić information content (AvgIpc) is 3.82. The third-order valence-electron chi connectivity index (χ3n) is 11.2. The Morgan fingerprint density at radius 3 is 2.15 bits per heavy atom. The average molecular weight is 722 g/mol. The zero-order chi connectivity index (χ0) is 36.3. The molecule has 11 rings (SSSR count). The molecule has 0 bridgehead atoms. The zero-order valence-corrected chi connectivity index (χ0v) is 30.8. The molecule has 1 unspecified atom stereocenters. The van der Waals surface area contributed by atoms with Gasteiger partial charge in [-0.05, 0) is 88.0 Å². The fraction of sp³-hybridized carbons (Fsp3) is 0.0385. The highest BCUT2D eigenvalue weighted by Gasteiger charge is 2.27. The van der Waals surface area contributed by atoms with Crippen molar-refractivity contribution in [3.63, 3.8) is 0 Å². The lowest BCUT2D eigenvalue weighted by atomic mass is 9.86. The number of furan rings is 1. The number of benzene rings is 8. The summed E-state index contributed by atoms with van der Waals surface area (Å²) < 4.78 is 9.22. The van der Waals surface area contributed by atoms with Crippen LogP contribution in [0, 0.1) is 0 Å². The van der Waals surface area contributed by atoms with Crippen LogP contribution in [0.4, 0.5) is 17.1 Å². The van der Waals surface area contributed by atoms with Crippen LogP contribution in [-0.2, 0) is 0 Å². The minimum absolute atomic E-state index is 0.113. The van der Waals surface area contributed by atoms with Crippen molar-refractivity contribution >= 4 is 76.4 Å². The van der Waals surface area contributed by atoms with E-state index in [1.54, 1.807) is 0 Å². The van der Waals surface area contributed by atoms with E-state index in [0.29, 0.717) is 0 Å². The normalized spacial score (nSPS) is 13.9. The van der Waals surface area contributed by atoms with Gasteiger partial charge in [0.2, 0.25) is 0 Å². The van der Waals surface area contributed by atoms with E-state index in [9.17, 15) is 0 Å². The summed E-state index contributed by atoms with van der Waals surface area (Å²) in [5, 5.41) is 6.28. The van der Waals surface area contributed by atoms with Gasteiger partial charge >= 0.3 is 0 Å². The minimum atomic E-state index is 0.113. The fourth-order valence-electron chi connectivity index (χ4n) is 8.63. The Kier molecular flexibility index (Phi) is 7.53. The Morgan fingerprint density at radius 1 is 0.509 bits per heavy atom. The SMILES string of the molecule is C1=Cc2c(oc3ccccc23)C(c2cccc(N(c3cccc(-c4ccc5c(c4)sc4ccccc45)c3)c3ccccc3-c3cccc4ccccc34)c2)C1. The van der Waals surface area contributed by atoms with Gasteiger partial charge in [-0.3, -0.25) is 0 Å². The van der Waals surface area contributed by atoms with Crippen molar-refractivity contribution < 1.29 is 4.42 Å². The summed E-state index contributed by atoms with van der Waals surface area (Å²) >= 11 is 1.86. The van der Waals surface area contributed by atoms with E-state index in [1.807, 2.05) is 11.3 Å². The van der Waals surface area contributed by atoms with Gasteiger partial charge in [-0.1, -0.05) is 146 Å². The maximum Gasteiger partial charge on any atom is 0.134 e. The lowest BCUT2D eigenvalue weighted by Crippen LogP contribution is -2.12. The van der Waals surface area contributed by atoms with Crippen molar-refractivity contribution in [3.8, 4) is 22.3 Å². The molecular weight excluding hydrogens is 687 g/mol. The third-order valence-corrected chi connectivity index (χ3v) is 12.3.